The Hall–Kier alpha value is -1.10. The molecule has 0 rings (SSSR count). The molecule has 1 unspecified atom stereocenters. The predicted octanol–water partition coefficient (Wildman–Crippen LogP) is 1.08. The van der Waals surface area contributed by atoms with Crippen LogP contribution in [0.25, 0.3) is 0 Å². The van der Waals surface area contributed by atoms with Crippen molar-refractivity contribution in [1.29, 1.82) is 0 Å². The lowest BCUT2D eigenvalue weighted by Crippen LogP contribution is -2.39. The molecule has 0 saturated carbocycles. The first-order chi connectivity index (χ1) is 7.07. The SMILES string of the molecule is CCCCCCC(NCC(=O)O)C(=O)O. The Bertz CT molecular complexity index is 206. The van der Waals surface area contributed by atoms with Gasteiger partial charge in [-0.15, -0.1) is 0 Å². The molecule has 0 spiro atoms. The number of nitrogens with one attached hydrogen (secondary N) is 1. The van der Waals surface area contributed by atoms with Crippen LogP contribution in [0, 0.1) is 0 Å². The van der Waals surface area contributed by atoms with Crippen molar-refractivity contribution >= 4 is 11.9 Å². The van der Waals surface area contributed by atoms with E-state index in [1.165, 1.54) is 0 Å². The number of hydrogen-bond acceptors (Lipinski definition) is 3. The van der Waals surface area contributed by atoms with Gasteiger partial charge in [-0.1, -0.05) is 32.6 Å². The average Bonchev–Trinajstić information content (AvgIpc) is 2.15. The predicted molar refractivity (Wildman–Crippen MR) is 55.8 cm³/mol. The second-order valence-corrected chi connectivity index (χ2v) is 3.51. The van der Waals surface area contributed by atoms with Gasteiger partial charge in [0.25, 0.3) is 0 Å². The van der Waals surface area contributed by atoms with E-state index in [0.29, 0.717) is 6.42 Å². The molecule has 0 fully saturated rings. The summed E-state index contributed by atoms with van der Waals surface area (Å²) in [6.45, 7) is 1.78. The zero-order chi connectivity index (χ0) is 11.7. The highest BCUT2D eigenvalue weighted by molar-refractivity contribution is 5.75. The van der Waals surface area contributed by atoms with Gasteiger partial charge in [-0.2, -0.15) is 0 Å². The highest BCUT2D eigenvalue weighted by Gasteiger charge is 2.16. The third kappa shape index (κ3) is 7.93. The van der Waals surface area contributed by atoms with Gasteiger partial charge < -0.3 is 10.2 Å². The smallest absolute Gasteiger partial charge is 0.320 e. The van der Waals surface area contributed by atoms with Crippen molar-refractivity contribution in [2.75, 3.05) is 6.54 Å². The van der Waals surface area contributed by atoms with Crippen LogP contribution in [0.15, 0.2) is 0 Å². The largest absolute Gasteiger partial charge is 0.480 e. The molecule has 5 nitrogen and oxygen atoms in total. The molecule has 0 bridgehead atoms. The summed E-state index contributed by atoms with van der Waals surface area (Å²) < 4.78 is 0. The Labute approximate surface area is 89.5 Å². The van der Waals surface area contributed by atoms with Crippen LogP contribution in [0.3, 0.4) is 0 Å². The molecule has 0 aromatic carbocycles. The van der Waals surface area contributed by atoms with Crippen molar-refractivity contribution < 1.29 is 19.8 Å². The highest BCUT2D eigenvalue weighted by Crippen LogP contribution is 2.05. The highest BCUT2D eigenvalue weighted by atomic mass is 16.4. The summed E-state index contributed by atoms with van der Waals surface area (Å²) >= 11 is 0. The monoisotopic (exact) mass is 217 g/mol. The van der Waals surface area contributed by atoms with E-state index < -0.39 is 18.0 Å². The van der Waals surface area contributed by atoms with Crippen molar-refractivity contribution in [2.45, 2.75) is 45.1 Å². The Morgan fingerprint density at radius 2 is 1.87 bits per heavy atom. The molecular formula is C10H19NO4. The van der Waals surface area contributed by atoms with Crippen LogP contribution in [0.4, 0.5) is 0 Å². The van der Waals surface area contributed by atoms with E-state index in [9.17, 15) is 9.59 Å². The maximum absolute atomic E-state index is 10.7. The molecule has 0 radical (unpaired) electrons. The van der Waals surface area contributed by atoms with Gasteiger partial charge >= 0.3 is 11.9 Å². The van der Waals surface area contributed by atoms with Crippen LogP contribution >= 0.6 is 0 Å². The van der Waals surface area contributed by atoms with Gasteiger partial charge in [0.05, 0.1) is 6.54 Å². The minimum atomic E-state index is -1.03. The molecule has 0 aromatic heterocycles. The number of aliphatic carboxylic acids is 2. The topological polar surface area (TPSA) is 86.6 Å². The van der Waals surface area contributed by atoms with Crippen molar-refractivity contribution in [1.82, 2.24) is 5.32 Å². The second-order valence-electron chi connectivity index (χ2n) is 3.51. The molecule has 88 valence electrons. The zero-order valence-corrected chi connectivity index (χ0v) is 9.03. The van der Waals surface area contributed by atoms with E-state index in [2.05, 4.69) is 12.2 Å². The average molecular weight is 217 g/mol. The van der Waals surface area contributed by atoms with Crippen LogP contribution in [0.1, 0.15) is 39.0 Å². The van der Waals surface area contributed by atoms with Crippen LogP contribution < -0.4 is 5.32 Å². The third-order valence-corrected chi connectivity index (χ3v) is 2.14. The van der Waals surface area contributed by atoms with Crippen LogP contribution in [-0.2, 0) is 9.59 Å². The van der Waals surface area contributed by atoms with Crippen molar-refractivity contribution in [3.8, 4) is 0 Å². The molecule has 15 heavy (non-hydrogen) atoms. The number of carbonyl (C=O) groups is 2. The van der Waals surface area contributed by atoms with Crippen molar-refractivity contribution in [3.05, 3.63) is 0 Å². The number of carboxylic acids is 2. The molecule has 0 aliphatic rings. The number of unbranched alkanes of at least 4 members (excludes halogenated alkanes) is 3. The number of rotatable bonds is 9. The maximum atomic E-state index is 10.7. The van der Waals surface area contributed by atoms with Gasteiger partial charge in [-0.05, 0) is 6.42 Å². The summed E-state index contributed by atoms with van der Waals surface area (Å²) in [6, 6.07) is -0.738. The Balaban J connectivity index is 3.73. The van der Waals surface area contributed by atoms with E-state index in [1.54, 1.807) is 0 Å². The zero-order valence-electron chi connectivity index (χ0n) is 9.03. The molecule has 0 saturated heterocycles. The van der Waals surface area contributed by atoms with Crippen LogP contribution in [0.5, 0.6) is 0 Å². The fraction of sp³-hybridized carbons (Fsp3) is 0.800. The van der Waals surface area contributed by atoms with Crippen LogP contribution in [-0.4, -0.2) is 34.7 Å². The fourth-order valence-corrected chi connectivity index (χ4v) is 1.30. The first-order valence-electron chi connectivity index (χ1n) is 5.26. The second kappa shape index (κ2) is 8.23. The summed E-state index contributed by atoms with van der Waals surface area (Å²) in [5.74, 6) is -2.01. The van der Waals surface area contributed by atoms with Crippen molar-refractivity contribution in [2.24, 2.45) is 0 Å². The first-order valence-corrected chi connectivity index (χ1v) is 5.26. The Morgan fingerprint density at radius 3 is 2.33 bits per heavy atom. The van der Waals surface area contributed by atoms with Gasteiger partial charge in [0.15, 0.2) is 0 Å². The van der Waals surface area contributed by atoms with E-state index >= 15 is 0 Å². The number of hydrogen-bond donors (Lipinski definition) is 3. The molecule has 0 heterocycles. The van der Waals surface area contributed by atoms with E-state index in [1.807, 2.05) is 0 Å². The van der Waals surface area contributed by atoms with Gasteiger partial charge in [0.1, 0.15) is 6.04 Å². The molecular weight excluding hydrogens is 198 g/mol. The lowest BCUT2D eigenvalue weighted by atomic mass is 10.1. The normalized spacial score (nSPS) is 12.3. The summed E-state index contributed by atoms with van der Waals surface area (Å²) in [5.41, 5.74) is 0. The van der Waals surface area contributed by atoms with Crippen molar-refractivity contribution in [3.63, 3.8) is 0 Å². The van der Waals surface area contributed by atoms with Gasteiger partial charge in [-0.25, -0.2) is 0 Å². The first kappa shape index (κ1) is 13.9. The Kier molecular flexibility index (Phi) is 7.62. The third-order valence-electron chi connectivity index (χ3n) is 2.14. The molecule has 0 aliphatic heterocycles. The van der Waals surface area contributed by atoms with Crippen LogP contribution in [0.2, 0.25) is 0 Å². The Morgan fingerprint density at radius 1 is 1.20 bits per heavy atom. The van der Waals surface area contributed by atoms with Gasteiger partial charge in [-0.3, -0.25) is 14.9 Å². The van der Waals surface area contributed by atoms with Gasteiger partial charge in [0, 0.05) is 0 Å². The molecule has 1 atom stereocenters. The molecule has 0 aliphatic carbocycles. The fourth-order valence-electron chi connectivity index (χ4n) is 1.30. The lowest BCUT2D eigenvalue weighted by molar-refractivity contribution is -0.140. The molecule has 3 N–H and O–H groups in total. The minimum Gasteiger partial charge on any atom is -0.480 e. The summed E-state index contributed by atoms with van der Waals surface area (Å²) in [6.07, 6.45) is 4.49. The lowest BCUT2D eigenvalue weighted by Gasteiger charge is -2.12. The van der Waals surface area contributed by atoms with E-state index in [-0.39, 0.29) is 6.54 Å². The minimum absolute atomic E-state index is 0.301. The summed E-state index contributed by atoms with van der Waals surface area (Å²) in [5, 5.41) is 19.7. The maximum Gasteiger partial charge on any atom is 0.320 e. The van der Waals surface area contributed by atoms with E-state index in [0.717, 1.165) is 25.7 Å². The molecule has 0 aromatic rings. The summed E-state index contributed by atoms with van der Waals surface area (Å²) in [7, 11) is 0. The molecule has 5 heteroatoms. The quantitative estimate of drug-likeness (QED) is 0.503. The number of carboxylic acid groups (broad SMARTS) is 2. The van der Waals surface area contributed by atoms with Gasteiger partial charge in [0.2, 0.25) is 0 Å². The standard InChI is InChI=1S/C10H19NO4/c1-2-3-4-5-6-8(10(14)15)11-7-9(12)13/h8,11H,2-7H2,1H3,(H,12,13)(H,14,15). The van der Waals surface area contributed by atoms with E-state index in [4.69, 9.17) is 10.2 Å². The summed E-state index contributed by atoms with van der Waals surface area (Å²) in [4.78, 5) is 21.0. The molecule has 0 amide bonds.